The average molecular weight is 324 g/mol. The summed E-state index contributed by atoms with van der Waals surface area (Å²) in [6, 6.07) is 14.7. The van der Waals surface area contributed by atoms with Crippen molar-refractivity contribution in [1.82, 2.24) is 10.3 Å². The van der Waals surface area contributed by atoms with Gasteiger partial charge in [0, 0.05) is 29.7 Å². The number of ether oxygens (including phenoxy) is 1. The third-order valence-corrected chi connectivity index (χ3v) is 3.81. The number of benzene rings is 2. The summed E-state index contributed by atoms with van der Waals surface area (Å²) in [6.07, 6.45) is 2.97. The summed E-state index contributed by atoms with van der Waals surface area (Å²) in [5.74, 6) is 0.985. The molecule has 3 aromatic rings. The molecule has 0 aliphatic carbocycles. The zero-order valence-electron chi connectivity index (χ0n) is 13.3. The van der Waals surface area contributed by atoms with Gasteiger partial charge in [-0.25, -0.2) is 0 Å². The van der Waals surface area contributed by atoms with Crippen molar-refractivity contribution in [3.63, 3.8) is 0 Å². The Bertz CT molecular complexity index is 812. The van der Waals surface area contributed by atoms with Crippen LogP contribution in [0.5, 0.6) is 11.5 Å². The molecule has 3 N–H and O–H groups in total. The summed E-state index contributed by atoms with van der Waals surface area (Å²) in [4.78, 5) is 15.0. The third kappa shape index (κ3) is 4.07. The van der Waals surface area contributed by atoms with Crippen LogP contribution in [-0.2, 0) is 11.2 Å². The van der Waals surface area contributed by atoms with Crippen LogP contribution in [0.3, 0.4) is 0 Å². The predicted molar refractivity (Wildman–Crippen MR) is 93.2 cm³/mol. The van der Waals surface area contributed by atoms with Gasteiger partial charge in [-0.1, -0.05) is 18.2 Å². The van der Waals surface area contributed by atoms with Gasteiger partial charge in [-0.3, -0.25) is 4.79 Å². The lowest BCUT2D eigenvalue weighted by molar-refractivity contribution is -0.121. The summed E-state index contributed by atoms with van der Waals surface area (Å²) in [5.41, 5.74) is 2.01. The summed E-state index contributed by atoms with van der Waals surface area (Å²) < 4.78 is 5.51. The highest BCUT2D eigenvalue weighted by atomic mass is 16.5. The van der Waals surface area contributed by atoms with Crippen LogP contribution in [0.1, 0.15) is 12.0 Å². The molecule has 0 aliphatic heterocycles. The number of para-hydroxylation sites is 1. The van der Waals surface area contributed by atoms with Crippen molar-refractivity contribution in [2.75, 3.05) is 13.2 Å². The first-order chi connectivity index (χ1) is 11.7. The molecule has 1 aromatic heterocycles. The predicted octanol–water partition coefficient (Wildman–Crippen LogP) is 3.00. The smallest absolute Gasteiger partial charge is 0.223 e. The number of phenolic OH excluding ortho intramolecular Hbond substituents is 1. The van der Waals surface area contributed by atoms with E-state index in [0.717, 1.165) is 28.6 Å². The number of aromatic hydroxyl groups is 1. The van der Waals surface area contributed by atoms with E-state index < -0.39 is 0 Å². The molecular weight excluding hydrogens is 304 g/mol. The molecule has 24 heavy (non-hydrogen) atoms. The number of carbonyl (C=O) groups excluding carboxylic acids is 1. The second-order valence-electron chi connectivity index (χ2n) is 5.56. The number of hydrogen-bond donors (Lipinski definition) is 3. The third-order valence-electron chi connectivity index (χ3n) is 3.81. The molecule has 1 amide bonds. The molecule has 0 aliphatic rings. The molecular formula is C19H20N2O3. The van der Waals surface area contributed by atoms with Crippen LogP contribution in [0.4, 0.5) is 0 Å². The lowest BCUT2D eigenvalue weighted by Gasteiger charge is -2.07. The minimum absolute atomic E-state index is 0.0246. The minimum atomic E-state index is -0.0246. The number of nitrogens with one attached hydrogen (secondary N) is 2. The Hall–Kier alpha value is -2.95. The molecule has 0 radical (unpaired) electrons. The number of phenols is 1. The SMILES string of the molecule is O=C(CCOc1ccccc1)NCCc1c[nH]c2cc(O)ccc12. The van der Waals surface area contributed by atoms with E-state index in [1.165, 1.54) is 0 Å². The highest BCUT2D eigenvalue weighted by Gasteiger charge is 2.06. The topological polar surface area (TPSA) is 74.3 Å². The van der Waals surface area contributed by atoms with Crippen molar-refractivity contribution >= 4 is 16.8 Å². The van der Waals surface area contributed by atoms with Crippen molar-refractivity contribution in [3.05, 3.63) is 60.3 Å². The lowest BCUT2D eigenvalue weighted by atomic mass is 10.1. The van der Waals surface area contributed by atoms with Gasteiger partial charge in [-0.15, -0.1) is 0 Å². The maximum absolute atomic E-state index is 11.8. The lowest BCUT2D eigenvalue weighted by Crippen LogP contribution is -2.26. The van der Waals surface area contributed by atoms with Gasteiger partial charge in [0.15, 0.2) is 0 Å². The fourth-order valence-electron chi connectivity index (χ4n) is 2.58. The summed E-state index contributed by atoms with van der Waals surface area (Å²) in [6.45, 7) is 0.931. The van der Waals surface area contributed by atoms with Crippen LogP contribution in [-0.4, -0.2) is 29.1 Å². The Morgan fingerprint density at radius 1 is 1.17 bits per heavy atom. The van der Waals surface area contributed by atoms with E-state index >= 15 is 0 Å². The van der Waals surface area contributed by atoms with Crippen molar-refractivity contribution in [2.45, 2.75) is 12.8 Å². The number of carbonyl (C=O) groups is 1. The van der Waals surface area contributed by atoms with Gasteiger partial charge >= 0.3 is 0 Å². The number of rotatable bonds is 7. The average Bonchev–Trinajstić information content (AvgIpc) is 2.98. The van der Waals surface area contributed by atoms with E-state index in [-0.39, 0.29) is 11.7 Å². The molecule has 0 unspecified atom stereocenters. The van der Waals surface area contributed by atoms with Gasteiger partial charge in [0.25, 0.3) is 0 Å². The maximum Gasteiger partial charge on any atom is 0.223 e. The number of fused-ring (bicyclic) bond motifs is 1. The number of H-pyrrole nitrogens is 1. The number of hydrogen-bond acceptors (Lipinski definition) is 3. The molecule has 0 spiro atoms. The Morgan fingerprint density at radius 3 is 2.83 bits per heavy atom. The van der Waals surface area contributed by atoms with E-state index in [4.69, 9.17) is 4.74 Å². The molecule has 5 nitrogen and oxygen atoms in total. The van der Waals surface area contributed by atoms with Crippen LogP contribution in [0.15, 0.2) is 54.7 Å². The Morgan fingerprint density at radius 2 is 2.00 bits per heavy atom. The molecule has 2 aromatic carbocycles. The molecule has 0 saturated heterocycles. The summed E-state index contributed by atoms with van der Waals surface area (Å²) >= 11 is 0. The monoisotopic (exact) mass is 324 g/mol. The highest BCUT2D eigenvalue weighted by Crippen LogP contribution is 2.22. The largest absolute Gasteiger partial charge is 0.508 e. The van der Waals surface area contributed by atoms with Crippen LogP contribution in [0, 0.1) is 0 Å². The molecule has 0 bridgehead atoms. The van der Waals surface area contributed by atoms with Crippen LogP contribution >= 0.6 is 0 Å². The second-order valence-corrected chi connectivity index (χ2v) is 5.56. The van der Waals surface area contributed by atoms with Gasteiger partial charge < -0.3 is 20.1 Å². The molecule has 1 heterocycles. The fourth-order valence-corrected chi connectivity index (χ4v) is 2.58. The van der Waals surface area contributed by atoms with Crippen LogP contribution in [0.25, 0.3) is 10.9 Å². The van der Waals surface area contributed by atoms with E-state index in [9.17, 15) is 9.90 Å². The molecule has 0 atom stereocenters. The quantitative estimate of drug-likeness (QED) is 0.625. The van der Waals surface area contributed by atoms with Crippen LogP contribution in [0.2, 0.25) is 0 Å². The van der Waals surface area contributed by atoms with Gasteiger partial charge in [-0.05, 0) is 36.2 Å². The number of aromatic amines is 1. The first-order valence-corrected chi connectivity index (χ1v) is 7.96. The van der Waals surface area contributed by atoms with Crippen LogP contribution < -0.4 is 10.1 Å². The van der Waals surface area contributed by atoms with Gasteiger partial charge in [0.05, 0.1) is 13.0 Å². The Labute approximate surface area is 140 Å². The standard InChI is InChI=1S/C19H20N2O3/c22-15-6-7-17-14(13-21-18(17)12-15)8-10-20-19(23)9-11-24-16-4-2-1-3-5-16/h1-7,12-13,21-22H,8-11H2,(H,20,23). The number of amides is 1. The molecule has 5 heteroatoms. The molecule has 0 saturated carbocycles. The second kappa shape index (κ2) is 7.55. The van der Waals surface area contributed by atoms with Crippen molar-refractivity contribution < 1.29 is 14.6 Å². The molecule has 124 valence electrons. The first-order valence-electron chi connectivity index (χ1n) is 7.96. The Balaban J connectivity index is 1.41. The summed E-state index contributed by atoms with van der Waals surface area (Å²) in [5, 5.41) is 13.4. The summed E-state index contributed by atoms with van der Waals surface area (Å²) in [7, 11) is 0. The van der Waals surface area contributed by atoms with Crippen molar-refractivity contribution in [1.29, 1.82) is 0 Å². The fraction of sp³-hybridized carbons (Fsp3) is 0.211. The molecule has 0 fully saturated rings. The zero-order chi connectivity index (χ0) is 16.8. The van der Waals surface area contributed by atoms with E-state index in [1.807, 2.05) is 42.6 Å². The Kier molecular flexibility index (Phi) is 5.01. The van der Waals surface area contributed by atoms with Crippen molar-refractivity contribution in [3.8, 4) is 11.5 Å². The highest BCUT2D eigenvalue weighted by molar-refractivity contribution is 5.84. The first kappa shape index (κ1) is 15.9. The van der Waals surface area contributed by atoms with E-state index in [1.54, 1.807) is 12.1 Å². The van der Waals surface area contributed by atoms with Gasteiger partial charge in [0.1, 0.15) is 11.5 Å². The maximum atomic E-state index is 11.8. The van der Waals surface area contributed by atoms with Gasteiger partial charge in [0.2, 0.25) is 5.91 Å². The van der Waals surface area contributed by atoms with Crippen molar-refractivity contribution in [2.24, 2.45) is 0 Å². The molecule has 3 rings (SSSR count). The minimum Gasteiger partial charge on any atom is -0.508 e. The van der Waals surface area contributed by atoms with E-state index in [2.05, 4.69) is 10.3 Å². The van der Waals surface area contributed by atoms with Gasteiger partial charge in [-0.2, -0.15) is 0 Å². The number of aromatic nitrogens is 1. The van der Waals surface area contributed by atoms with E-state index in [0.29, 0.717) is 19.6 Å². The normalized spacial score (nSPS) is 10.7. The zero-order valence-corrected chi connectivity index (χ0v) is 13.3.